The van der Waals surface area contributed by atoms with Crippen LogP contribution < -0.4 is 10.1 Å². The molecule has 0 aliphatic carbocycles. The van der Waals surface area contributed by atoms with E-state index in [0.29, 0.717) is 18.2 Å². The highest BCUT2D eigenvalue weighted by Crippen LogP contribution is 2.34. The fourth-order valence-electron chi connectivity index (χ4n) is 3.11. The van der Waals surface area contributed by atoms with Crippen molar-refractivity contribution >= 4 is 38.7 Å². The second kappa shape index (κ2) is 9.71. The molecule has 0 atom stereocenters. The Morgan fingerprint density at radius 1 is 1.06 bits per heavy atom. The molecule has 1 amide bonds. The molecule has 9 heteroatoms. The Kier molecular flexibility index (Phi) is 6.58. The van der Waals surface area contributed by atoms with Crippen LogP contribution in [0.3, 0.4) is 0 Å². The van der Waals surface area contributed by atoms with Crippen molar-refractivity contribution in [2.45, 2.75) is 13.3 Å². The van der Waals surface area contributed by atoms with E-state index in [-0.39, 0.29) is 9.88 Å². The maximum Gasteiger partial charge on any atom is 0.324 e. The molecular formula is C23H19N3O4S2. The number of amides is 1. The number of ether oxygens (including phenoxy) is 1. The summed E-state index contributed by atoms with van der Waals surface area (Å²) >= 11 is 2.23. The molecule has 4 aromatic rings. The minimum atomic E-state index is -0.507. The van der Waals surface area contributed by atoms with Crippen molar-refractivity contribution in [3.63, 3.8) is 0 Å². The lowest BCUT2D eigenvalue weighted by atomic mass is 10.1. The van der Waals surface area contributed by atoms with Gasteiger partial charge in [0.2, 0.25) is 0 Å². The van der Waals surface area contributed by atoms with Gasteiger partial charge in [-0.05, 0) is 42.8 Å². The van der Waals surface area contributed by atoms with E-state index in [1.807, 2.05) is 61.5 Å². The van der Waals surface area contributed by atoms with Gasteiger partial charge < -0.3 is 4.74 Å². The minimum absolute atomic E-state index is 0.0749. The molecule has 7 nitrogen and oxygen atoms in total. The number of rotatable bonds is 8. The third-order valence-electron chi connectivity index (χ3n) is 4.56. The van der Waals surface area contributed by atoms with Crippen LogP contribution in [0, 0.1) is 10.1 Å². The molecule has 0 spiro atoms. The smallest absolute Gasteiger partial charge is 0.324 e. The molecule has 0 radical (unpaired) electrons. The van der Waals surface area contributed by atoms with Gasteiger partial charge in [0.05, 0.1) is 22.1 Å². The van der Waals surface area contributed by atoms with Crippen LogP contribution in [0.2, 0.25) is 0 Å². The summed E-state index contributed by atoms with van der Waals surface area (Å²) in [5.74, 6) is 0.366. The SMILES string of the molecule is CCOc1ccc(-c2nc(NC(=O)c3ccc([N+](=O)[O-])s3)sc2Cc2ccccc2)cc1. The molecule has 4 rings (SSSR count). The highest BCUT2D eigenvalue weighted by molar-refractivity contribution is 7.18. The lowest BCUT2D eigenvalue weighted by Crippen LogP contribution is -2.09. The molecule has 0 saturated heterocycles. The van der Waals surface area contributed by atoms with E-state index in [0.717, 1.165) is 38.8 Å². The predicted molar refractivity (Wildman–Crippen MR) is 127 cm³/mol. The van der Waals surface area contributed by atoms with Crippen LogP contribution in [-0.2, 0) is 6.42 Å². The number of hydrogen-bond donors (Lipinski definition) is 1. The molecule has 2 heterocycles. The second-order valence-corrected chi connectivity index (χ2v) is 8.91. The maximum atomic E-state index is 12.6. The number of thiophene rings is 1. The number of aromatic nitrogens is 1. The largest absolute Gasteiger partial charge is 0.494 e. The molecule has 0 aliphatic rings. The summed E-state index contributed by atoms with van der Waals surface area (Å²) in [6.07, 6.45) is 0.668. The van der Waals surface area contributed by atoms with Gasteiger partial charge in [0.25, 0.3) is 5.91 Å². The monoisotopic (exact) mass is 465 g/mol. The normalized spacial score (nSPS) is 10.7. The third kappa shape index (κ3) is 5.01. The van der Waals surface area contributed by atoms with Crippen LogP contribution in [0.5, 0.6) is 5.75 Å². The standard InChI is InChI=1S/C23H19N3O4S2/c1-2-30-17-10-8-16(9-11-17)21-19(14-15-6-4-3-5-7-15)32-23(24-21)25-22(27)18-12-13-20(31-18)26(28)29/h3-13H,2,14H2,1H3,(H,24,25,27). The Balaban J connectivity index is 1.63. The molecule has 162 valence electrons. The van der Waals surface area contributed by atoms with Crippen LogP contribution in [0.25, 0.3) is 11.3 Å². The van der Waals surface area contributed by atoms with Crippen molar-refractivity contribution in [3.8, 4) is 17.0 Å². The maximum absolute atomic E-state index is 12.6. The summed E-state index contributed by atoms with van der Waals surface area (Å²) in [6.45, 7) is 2.52. The van der Waals surface area contributed by atoms with Crippen LogP contribution >= 0.6 is 22.7 Å². The first-order valence-corrected chi connectivity index (χ1v) is 11.5. The lowest BCUT2D eigenvalue weighted by molar-refractivity contribution is -0.380. The number of anilines is 1. The molecule has 2 aromatic carbocycles. The van der Waals surface area contributed by atoms with Crippen molar-refractivity contribution < 1.29 is 14.5 Å². The van der Waals surface area contributed by atoms with Gasteiger partial charge in [-0.3, -0.25) is 20.2 Å². The fourth-order valence-corrected chi connectivity index (χ4v) is 4.84. The molecular weight excluding hydrogens is 446 g/mol. The van der Waals surface area contributed by atoms with Gasteiger partial charge in [-0.2, -0.15) is 0 Å². The molecule has 1 N–H and O–H groups in total. The molecule has 2 aromatic heterocycles. The first kappa shape index (κ1) is 21.7. The first-order valence-electron chi connectivity index (χ1n) is 9.86. The van der Waals surface area contributed by atoms with E-state index >= 15 is 0 Å². The molecule has 0 fully saturated rings. The van der Waals surface area contributed by atoms with Crippen molar-refractivity contribution in [2.75, 3.05) is 11.9 Å². The zero-order chi connectivity index (χ0) is 22.5. The van der Waals surface area contributed by atoms with Gasteiger partial charge in [0.15, 0.2) is 5.13 Å². The Morgan fingerprint density at radius 2 is 1.81 bits per heavy atom. The molecule has 0 aliphatic heterocycles. The number of nitrogens with one attached hydrogen (secondary N) is 1. The minimum Gasteiger partial charge on any atom is -0.494 e. The Hall–Kier alpha value is -3.56. The lowest BCUT2D eigenvalue weighted by Gasteiger charge is -2.05. The van der Waals surface area contributed by atoms with E-state index in [1.165, 1.54) is 23.5 Å². The Bertz CT molecular complexity index is 1230. The van der Waals surface area contributed by atoms with E-state index < -0.39 is 10.8 Å². The predicted octanol–water partition coefficient (Wildman–Crippen LogP) is 6.02. The van der Waals surface area contributed by atoms with E-state index in [1.54, 1.807) is 0 Å². The van der Waals surface area contributed by atoms with Crippen LogP contribution in [-0.4, -0.2) is 22.4 Å². The number of benzene rings is 2. The van der Waals surface area contributed by atoms with Gasteiger partial charge in [-0.15, -0.1) is 11.3 Å². The summed E-state index contributed by atoms with van der Waals surface area (Å²) in [6, 6.07) is 20.5. The van der Waals surface area contributed by atoms with Crippen LogP contribution in [0.1, 0.15) is 27.0 Å². The van der Waals surface area contributed by atoms with Crippen molar-refractivity contribution in [1.29, 1.82) is 0 Å². The highest BCUT2D eigenvalue weighted by atomic mass is 32.1. The Labute approximate surface area is 192 Å². The molecule has 0 saturated carbocycles. The van der Waals surface area contributed by atoms with Crippen LogP contribution in [0.15, 0.2) is 66.7 Å². The number of nitro groups is 1. The van der Waals surface area contributed by atoms with Crippen molar-refractivity contribution in [2.24, 2.45) is 0 Å². The number of hydrogen-bond acceptors (Lipinski definition) is 7. The van der Waals surface area contributed by atoms with Gasteiger partial charge in [-0.1, -0.05) is 41.7 Å². The number of thiazole rings is 1. The van der Waals surface area contributed by atoms with Gasteiger partial charge >= 0.3 is 5.00 Å². The van der Waals surface area contributed by atoms with E-state index in [2.05, 4.69) is 10.3 Å². The zero-order valence-electron chi connectivity index (χ0n) is 17.1. The number of carbonyl (C=O) groups excluding carboxylic acids is 1. The van der Waals surface area contributed by atoms with E-state index in [4.69, 9.17) is 4.74 Å². The van der Waals surface area contributed by atoms with Crippen molar-refractivity contribution in [1.82, 2.24) is 4.98 Å². The topological polar surface area (TPSA) is 94.4 Å². The quantitative estimate of drug-likeness (QED) is 0.254. The second-order valence-electron chi connectivity index (χ2n) is 6.76. The molecule has 0 unspecified atom stereocenters. The van der Waals surface area contributed by atoms with Gasteiger partial charge in [-0.25, -0.2) is 4.98 Å². The van der Waals surface area contributed by atoms with Crippen molar-refractivity contribution in [3.05, 3.63) is 92.2 Å². The average Bonchev–Trinajstić information content (AvgIpc) is 3.43. The number of nitrogens with zero attached hydrogens (tertiary/aromatic N) is 2. The summed E-state index contributed by atoms with van der Waals surface area (Å²) < 4.78 is 5.53. The summed E-state index contributed by atoms with van der Waals surface area (Å²) in [5.41, 5.74) is 2.84. The van der Waals surface area contributed by atoms with E-state index in [9.17, 15) is 14.9 Å². The highest BCUT2D eigenvalue weighted by Gasteiger charge is 2.19. The first-order chi connectivity index (χ1) is 15.5. The molecule has 32 heavy (non-hydrogen) atoms. The summed E-state index contributed by atoms with van der Waals surface area (Å²) in [5, 5.41) is 14.1. The third-order valence-corrected chi connectivity index (χ3v) is 6.57. The Morgan fingerprint density at radius 3 is 2.47 bits per heavy atom. The average molecular weight is 466 g/mol. The number of carbonyl (C=O) groups is 1. The summed E-state index contributed by atoms with van der Waals surface area (Å²) in [4.78, 5) is 29.0. The zero-order valence-corrected chi connectivity index (χ0v) is 18.7. The van der Waals surface area contributed by atoms with Gasteiger partial charge in [0.1, 0.15) is 5.75 Å². The summed E-state index contributed by atoms with van der Waals surface area (Å²) in [7, 11) is 0. The fraction of sp³-hybridized carbons (Fsp3) is 0.130. The molecule has 0 bridgehead atoms. The van der Waals surface area contributed by atoms with Gasteiger partial charge in [0, 0.05) is 22.9 Å². The van der Waals surface area contributed by atoms with Crippen LogP contribution in [0.4, 0.5) is 10.1 Å².